The number of aliphatic hydroxyl groups excluding tert-OH is 2. The van der Waals surface area contributed by atoms with Gasteiger partial charge in [-0.2, -0.15) is 0 Å². The van der Waals surface area contributed by atoms with Crippen LogP contribution >= 0.6 is 0 Å². The van der Waals surface area contributed by atoms with Gasteiger partial charge in [-0.05, 0) is 37.1 Å². The molecule has 6 aliphatic rings. The number of para-hydroxylation sites is 1. The Hall–Kier alpha value is -1.14. The van der Waals surface area contributed by atoms with Gasteiger partial charge in [0.1, 0.15) is 6.04 Å². The average Bonchev–Trinajstić information content (AvgIpc) is 3.17. The first-order valence-electron chi connectivity index (χ1n) is 12.7. The number of quaternary nitrogens is 1. The van der Waals surface area contributed by atoms with Gasteiger partial charge in [0, 0.05) is 44.0 Å². The topological polar surface area (TPSA) is 46.9 Å². The maximum absolute atomic E-state index is 12.1. The smallest absolute Gasteiger partial charge is 0.194 e. The summed E-state index contributed by atoms with van der Waals surface area (Å²) in [5, 5.41) is 24.1. The van der Waals surface area contributed by atoms with Crippen molar-refractivity contribution in [3.63, 3.8) is 0 Å². The van der Waals surface area contributed by atoms with Gasteiger partial charge in [-0.25, -0.2) is 0 Å². The van der Waals surface area contributed by atoms with Crippen LogP contribution in [0.4, 0.5) is 5.69 Å². The minimum atomic E-state index is -0.293. The van der Waals surface area contributed by atoms with Gasteiger partial charge in [0.05, 0.1) is 30.1 Å². The largest absolute Gasteiger partial charge is 0.392 e. The summed E-state index contributed by atoms with van der Waals surface area (Å²) in [6.45, 7) is 10.9. The first-order valence-corrected chi connectivity index (χ1v) is 12.7. The van der Waals surface area contributed by atoms with Gasteiger partial charge in [0.25, 0.3) is 0 Å². The Bertz CT molecular complexity index is 874. The van der Waals surface area contributed by atoms with E-state index in [2.05, 4.69) is 61.9 Å². The molecule has 5 heterocycles. The Labute approximate surface area is 187 Å². The number of nitrogens with zero attached hydrogens (tertiary/aromatic N) is 3. The second-order valence-corrected chi connectivity index (χ2v) is 11.1. The zero-order valence-electron chi connectivity index (χ0n) is 19.6. The molecule has 1 aromatic carbocycles. The Balaban J connectivity index is 1.52. The molecule has 1 aromatic rings. The third kappa shape index (κ3) is 2.13. The molecule has 0 aromatic heterocycles. The van der Waals surface area contributed by atoms with Crippen LogP contribution in [0, 0.1) is 17.8 Å². The van der Waals surface area contributed by atoms with Crippen LogP contribution in [0.3, 0.4) is 0 Å². The van der Waals surface area contributed by atoms with Crippen LogP contribution in [0.25, 0.3) is 0 Å². The van der Waals surface area contributed by atoms with Crippen LogP contribution in [0.1, 0.15) is 45.6 Å². The quantitative estimate of drug-likeness (QED) is 0.686. The normalized spacial score (nSPS) is 48.5. The summed E-state index contributed by atoms with van der Waals surface area (Å²) in [6.07, 6.45) is 2.63. The highest BCUT2D eigenvalue weighted by Gasteiger charge is 2.82. The minimum absolute atomic E-state index is 0.153. The molecule has 4 unspecified atom stereocenters. The fourth-order valence-electron chi connectivity index (χ4n) is 9.69. The Morgan fingerprint density at radius 1 is 1.13 bits per heavy atom. The summed E-state index contributed by atoms with van der Waals surface area (Å²) < 4.78 is 0.845. The number of piperidine rings is 4. The summed E-state index contributed by atoms with van der Waals surface area (Å²) >= 11 is 0. The van der Waals surface area contributed by atoms with Crippen LogP contribution in [0.2, 0.25) is 0 Å². The van der Waals surface area contributed by atoms with Gasteiger partial charge in [0.2, 0.25) is 0 Å². The molecule has 170 valence electrons. The number of aliphatic hydroxyl groups is 2. The maximum Gasteiger partial charge on any atom is 0.194 e. The van der Waals surface area contributed by atoms with Crippen LogP contribution in [-0.4, -0.2) is 83.3 Å². The third-order valence-electron chi connectivity index (χ3n) is 10.8. The number of anilines is 1. The van der Waals surface area contributed by atoms with Gasteiger partial charge < -0.3 is 15.1 Å². The lowest BCUT2D eigenvalue weighted by molar-refractivity contribution is -1.04. The first-order chi connectivity index (χ1) is 15.0. The van der Waals surface area contributed by atoms with Crippen molar-refractivity contribution in [3.05, 3.63) is 29.8 Å². The van der Waals surface area contributed by atoms with Crippen molar-refractivity contribution in [2.45, 2.75) is 75.9 Å². The second kappa shape index (κ2) is 6.69. The standard InChI is InChI=1S/C26H40N3O2/c1-5-16-17-14-20-23-26(18-10-8-9-11-19(18)27(23)4)15-21(22(17)24(26)30)29(20,25(16)31)13-12-28(6-2)7-3/h8-11,16-17,20-25,30-31H,5-7,12-15H2,1-4H3/q+1/t16-,17?,20-,21-,22?,23-,24+,25+,26?,29?/m0/s1. The molecule has 4 saturated heterocycles. The molecule has 5 heteroatoms. The molecule has 31 heavy (non-hydrogen) atoms. The summed E-state index contributed by atoms with van der Waals surface area (Å²) in [5.41, 5.74) is 2.53. The zero-order valence-corrected chi connectivity index (χ0v) is 19.6. The molecule has 5 bridgehead atoms. The van der Waals surface area contributed by atoms with Crippen LogP contribution in [-0.2, 0) is 5.41 Å². The molecule has 0 amide bonds. The van der Waals surface area contributed by atoms with Crippen molar-refractivity contribution in [1.29, 1.82) is 0 Å². The Morgan fingerprint density at radius 3 is 2.58 bits per heavy atom. The molecule has 2 N–H and O–H groups in total. The lowest BCUT2D eigenvalue weighted by atomic mass is 9.60. The minimum Gasteiger partial charge on any atom is -0.392 e. The van der Waals surface area contributed by atoms with E-state index in [1.807, 2.05) is 0 Å². The predicted molar refractivity (Wildman–Crippen MR) is 123 cm³/mol. The van der Waals surface area contributed by atoms with E-state index in [0.29, 0.717) is 29.8 Å². The predicted octanol–water partition coefficient (Wildman–Crippen LogP) is 2.41. The van der Waals surface area contributed by atoms with Crippen molar-refractivity contribution in [2.24, 2.45) is 17.8 Å². The van der Waals surface area contributed by atoms with Gasteiger partial charge in [-0.15, -0.1) is 0 Å². The van der Waals surface area contributed by atoms with Crippen molar-refractivity contribution in [2.75, 3.05) is 38.1 Å². The number of benzene rings is 1. The second-order valence-electron chi connectivity index (χ2n) is 11.1. The summed E-state index contributed by atoms with van der Waals surface area (Å²) in [5.74, 6) is 1.10. The van der Waals surface area contributed by atoms with Crippen molar-refractivity contribution in [1.82, 2.24) is 4.90 Å². The monoisotopic (exact) mass is 426 g/mol. The molecular formula is C26H40N3O2+. The molecule has 1 aliphatic carbocycles. The first kappa shape index (κ1) is 20.5. The SMILES string of the molecule is CC[C@H]1C2C[C@H]3[C@@H]4N(C)c5ccccc5C45C[C@@H](C2[C@H]5O)[N+]3(CCN(CC)CC)[C@@H]1O. The van der Waals surface area contributed by atoms with Gasteiger partial charge in [-0.3, -0.25) is 9.38 Å². The van der Waals surface area contributed by atoms with Gasteiger partial charge in [0.15, 0.2) is 6.23 Å². The number of hydrogen-bond acceptors (Lipinski definition) is 4. The highest BCUT2D eigenvalue weighted by Crippen LogP contribution is 2.71. The van der Waals surface area contributed by atoms with Crippen LogP contribution in [0.5, 0.6) is 0 Å². The fraction of sp³-hybridized carbons (Fsp3) is 0.769. The zero-order chi connectivity index (χ0) is 21.7. The number of rotatable bonds is 6. The molecule has 0 radical (unpaired) electrons. The van der Waals surface area contributed by atoms with Crippen molar-refractivity contribution >= 4 is 5.69 Å². The molecule has 1 spiro atoms. The number of fused-ring (bicyclic) bond motifs is 2. The molecule has 1 saturated carbocycles. The molecule has 5 nitrogen and oxygen atoms in total. The molecule has 7 rings (SSSR count). The van der Waals surface area contributed by atoms with E-state index in [1.165, 1.54) is 11.3 Å². The van der Waals surface area contributed by atoms with E-state index in [-0.39, 0.29) is 23.8 Å². The average molecular weight is 427 g/mol. The lowest BCUT2D eigenvalue weighted by Crippen LogP contribution is -2.83. The van der Waals surface area contributed by atoms with Crippen molar-refractivity contribution in [3.8, 4) is 0 Å². The van der Waals surface area contributed by atoms with E-state index in [1.54, 1.807) is 0 Å². The van der Waals surface area contributed by atoms with Gasteiger partial charge >= 0.3 is 0 Å². The number of hydrogen-bond donors (Lipinski definition) is 2. The van der Waals surface area contributed by atoms with Crippen LogP contribution < -0.4 is 4.90 Å². The van der Waals surface area contributed by atoms with E-state index >= 15 is 0 Å². The summed E-state index contributed by atoms with van der Waals surface area (Å²) in [6, 6.07) is 9.91. The fourth-order valence-corrected chi connectivity index (χ4v) is 9.69. The Kier molecular flexibility index (Phi) is 4.42. The summed E-state index contributed by atoms with van der Waals surface area (Å²) in [7, 11) is 2.25. The third-order valence-corrected chi connectivity index (χ3v) is 10.8. The Morgan fingerprint density at radius 2 is 1.87 bits per heavy atom. The maximum atomic E-state index is 12.1. The van der Waals surface area contributed by atoms with E-state index in [9.17, 15) is 10.2 Å². The van der Waals surface area contributed by atoms with E-state index in [0.717, 1.165) is 49.9 Å². The van der Waals surface area contributed by atoms with E-state index in [4.69, 9.17) is 0 Å². The van der Waals surface area contributed by atoms with Crippen molar-refractivity contribution < 1.29 is 14.7 Å². The molecular weight excluding hydrogens is 386 g/mol. The molecule has 10 atom stereocenters. The van der Waals surface area contributed by atoms with Gasteiger partial charge in [-0.1, -0.05) is 39.0 Å². The highest BCUT2D eigenvalue weighted by atomic mass is 16.3. The summed E-state index contributed by atoms with van der Waals surface area (Å²) in [4.78, 5) is 5.01. The number of likely N-dealkylation sites (N-methyl/N-ethyl adjacent to an activating group) is 2. The molecule has 5 aliphatic heterocycles. The lowest BCUT2D eigenvalue weighted by Gasteiger charge is -2.68. The molecule has 5 fully saturated rings. The van der Waals surface area contributed by atoms with E-state index < -0.39 is 0 Å². The highest BCUT2D eigenvalue weighted by molar-refractivity contribution is 5.66. The van der Waals surface area contributed by atoms with Crippen LogP contribution in [0.15, 0.2) is 24.3 Å².